The highest BCUT2D eigenvalue weighted by molar-refractivity contribution is 7.92. The Bertz CT molecular complexity index is 1680. The molecule has 0 aliphatic heterocycles. The summed E-state index contributed by atoms with van der Waals surface area (Å²) in [6, 6.07) is 29.2. The van der Waals surface area contributed by atoms with E-state index in [1.807, 2.05) is 75.4 Å². The topological polar surface area (TPSA) is 86.8 Å². The van der Waals surface area contributed by atoms with Crippen LogP contribution in [0.1, 0.15) is 35.6 Å². The lowest BCUT2D eigenvalue weighted by Gasteiger charge is -2.34. The zero-order chi connectivity index (χ0) is 31.7. The number of para-hydroxylation sites is 1. The quantitative estimate of drug-likeness (QED) is 0.187. The average molecular weight is 632 g/mol. The third kappa shape index (κ3) is 8.07. The van der Waals surface area contributed by atoms with Crippen LogP contribution in [0.5, 0.6) is 0 Å². The van der Waals surface area contributed by atoms with Gasteiger partial charge in [-0.05, 0) is 61.2 Å². The summed E-state index contributed by atoms with van der Waals surface area (Å²) in [5, 5.41) is 3.14. The van der Waals surface area contributed by atoms with Gasteiger partial charge in [0.1, 0.15) is 12.6 Å². The molecule has 0 spiro atoms. The zero-order valence-corrected chi connectivity index (χ0v) is 26.8. The summed E-state index contributed by atoms with van der Waals surface area (Å²) in [5.74, 6) is -0.834. The van der Waals surface area contributed by atoms with Gasteiger partial charge in [-0.15, -0.1) is 0 Å². The fourth-order valence-electron chi connectivity index (χ4n) is 4.90. The molecule has 1 N–H and O–H groups in total. The van der Waals surface area contributed by atoms with Gasteiger partial charge < -0.3 is 10.2 Å². The number of halogens is 1. The molecule has 1 unspecified atom stereocenters. The maximum Gasteiger partial charge on any atom is 0.264 e. The van der Waals surface area contributed by atoms with Crippen molar-refractivity contribution < 1.29 is 18.0 Å². The van der Waals surface area contributed by atoms with E-state index in [0.717, 1.165) is 33.0 Å². The van der Waals surface area contributed by atoms with Crippen molar-refractivity contribution in [2.75, 3.05) is 17.4 Å². The molecule has 4 aromatic carbocycles. The molecule has 4 aromatic rings. The number of hydrogen-bond donors (Lipinski definition) is 1. The Balaban J connectivity index is 1.81. The second kappa shape index (κ2) is 15.0. The van der Waals surface area contributed by atoms with E-state index in [-0.39, 0.29) is 34.5 Å². The summed E-state index contributed by atoms with van der Waals surface area (Å²) >= 11 is 6.53. The van der Waals surface area contributed by atoms with Gasteiger partial charge in [-0.3, -0.25) is 13.9 Å². The van der Waals surface area contributed by atoms with E-state index in [2.05, 4.69) is 5.32 Å². The summed E-state index contributed by atoms with van der Waals surface area (Å²) in [6.07, 6.45) is 0.982. The van der Waals surface area contributed by atoms with E-state index in [4.69, 9.17) is 11.6 Å². The van der Waals surface area contributed by atoms with Gasteiger partial charge in [0.15, 0.2) is 0 Å². The molecule has 2 amide bonds. The molecule has 0 aliphatic rings. The number of aryl methyl sites for hydroxylation is 2. The Hall–Kier alpha value is -4.14. The monoisotopic (exact) mass is 631 g/mol. The highest BCUT2D eigenvalue weighted by atomic mass is 35.5. The second-order valence-corrected chi connectivity index (χ2v) is 13.0. The fraction of sp³-hybridized carbons (Fsp3) is 0.257. The number of sulfonamides is 1. The van der Waals surface area contributed by atoms with Crippen molar-refractivity contribution in [3.63, 3.8) is 0 Å². The van der Waals surface area contributed by atoms with Crippen LogP contribution >= 0.6 is 11.6 Å². The minimum Gasteiger partial charge on any atom is -0.354 e. The normalized spacial score (nSPS) is 11.9. The highest BCUT2D eigenvalue weighted by Crippen LogP contribution is 2.31. The minimum atomic E-state index is -4.22. The molecule has 230 valence electrons. The molecular formula is C35H38ClN3O4S. The summed E-state index contributed by atoms with van der Waals surface area (Å²) in [4.78, 5) is 29.7. The summed E-state index contributed by atoms with van der Waals surface area (Å²) in [6.45, 7) is 5.77. The first-order valence-electron chi connectivity index (χ1n) is 14.6. The van der Waals surface area contributed by atoms with Crippen LogP contribution < -0.4 is 9.62 Å². The summed E-state index contributed by atoms with van der Waals surface area (Å²) in [7, 11) is -4.22. The number of amides is 2. The van der Waals surface area contributed by atoms with E-state index < -0.39 is 28.5 Å². The molecule has 0 saturated heterocycles. The number of carbonyl (C=O) groups excluding carboxylic acids is 2. The second-order valence-electron chi connectivity index (χ2n) is 10.7. The smallest absolute Gasteiger partial charge is 0.264 e. The van der Waals surface area contributed by atoms with Crippen molar-refractivity contribution >= 4 is 39.1 Å². The van der Waals surface area contributed by atoms with Gasteiger partial charge in [0, 0.05) is 19.5 Å². The van der Waals surface area contributed by atoms with E-state index >= 15 is 0 Å². The van der Waals surface area contributed by atoms with Crippen molar-refractivity contribution in [3.05, 3.63) is 130 Å². The zero-order valence-electron chi connectivity index (χ0n) is 25.2. The molecular weight excluding hydrogens is 594 g/mol. The predicted molar refractivity (Wildman–Crippen MR) is 176 cm³/mol. The van der Waals surface area contributed by atoms with Crippen LogP contribution in [0.15, 0.2) is 108 Å². The van der Waals surface area contributed by atoms with Crippen molar-refractivity contribution in [3.8, 4) is 0 Å². The molecule has 0 aromatic heterocycles. The van der Waals surface area contributed by atoms with Gasteiger partial charge in [0.2, 0.25) is 11.8 Å². The maximum atomic E-state index is 14.5. The molecule has 0 fully saturated rings. The number of hydrogen-bond acceptors (Lipinski definition) is 4. The summed E-state index contributed by atoms with van der Waals surface area (Å²) in [5.41, 5.74) is 3.76. The van der Waals surface area contributed by atoms with Gasteiger partial charge in [-0.2, -0.15) is 0 Å². The molecule has 7 nitrogen and oxygen atoms in total. The van der Waals surface area contributed by atoms with Crippen molar-refractivity contribution in [1.82, 2.24) is 10.2 Å². The standard InChI is InChI=1S/C35H38ClN3O4S/c1-4-22-37-35(41)33(23-28-13-6-5-7-14-28)38(24-29-15-9-8-12-27(29)3)34(40)25-39(32-17-11-10-16-31(32)36)44(42,43)30-20-18-26(2)19-21-30/h5-21,33H,4,22-25H2,1-3H3,(H,37,41). The largest absolute Gasteiger partial charge is 0.354 e. The molecule has 0 saturated carbocycles. The van der Waals surface area contributed by atoms with E-state index in [1.165, 1.54) is 17.0 Å². The minimum absolute atomic E-state index is 0.0304. The van der Waals surface area contributed by atoms with Crippen LogP contribution in [0, 0.1) is 13.8 Å². The van der Waals surface area contributed by atoms with Gasteiger partial charge in [-0.25, -0.2) is 8.42 Å². The Kier molecular flexibility index (Phi) is 11.2. The van der Waals surface area contributed by atoms with Gasteiger partial charge in [-0.1, -0.05) is 103 Å². The first kappa shape index (κ1) is 32.8. The Labute approximate surface area is 265 Å². The van der Waals surface area contributed by atoms with Crippen LogP contribution in [0.3, 0.4) is 0 Å². The Morgan fingerprint density at radius 3 is 2.14 bits per heavy atom. The average Bonchev–Trinajstić information content (AvgIpc) is 3.02. The lowest BCUT2D eigenvalue weighted by molar-refractivity contribution is -0.140. The van der Waals surface area contributed by atoms with Crippen molar-refractivity contribution in [2.24, 2.45) is 0 Å². The molecule has 1 atom stereocenters. The molecule has 4 rings (SSSR count). The number of nitrogens with one attached hydrogen (secondary N) is 1. The summed E-state index contributed by atoms with van der Waals surface area (Å²) < 4.78 is 29.3. The third-order valence-electron chi connectivity index (χ3n) is 7.43. The van der Waals surface area contributed by atoms with E-state index in [9.17, 15) is 18.0 Å². The van der Waals surface area contributed by atoms with Crippen LogP contribution in [-0.2, 0) is 32.6 Å². The molecule has 0 aliphatic carbocycles. The molecule has 9 heteroatoms. The van der Waals surface area contributed by atoms with Gasteiger partial charge in [0.05, 0.1) is 15.6 Å². The number of anilines is 1. The highest BCUT2D eigenvalue weighted by Gasteiger charge is 2.35. The van der Waals surface area contributed by atoms with E-state index in [1.54, 1.807) is 36.4 Å². The first-order valence-corrected chi connectivity index (χ1v) is 16.4. The van der Waals surface area contributed by atoms with Crippen molar-refractivity contribution in [1.29, 1.82) is 0 Å². The number of rotatable bonds is 13. The van der Waals surface area contributed by atoms with Crippen LogP contribution in [0.2, 0.25) is 5.02 Å². The number of benzene rings is 4. The fourth-order valence-corrected chi connectivity index (χ4v) is 6.62. The molecule has 0 bridgehead atoms. The van der Waals surface area contributed by atoms with Gasteiger partial charge >= 0.3 is 0 Å². The lowest BCUT2D eigenvalue weighted by atomic mass is 10.0. The molecule has 0 heterocycles. The van der Waals surface area contributed by atoms with Gasteiger partial charge in [0.25, 0.3) is 10.0 Å². The number of carbonyl (C=O) groups is 2. The molecule has 44 heavy (non-hydrogen) atoms. The van der Waals surface area contributed by atoms with Crippen LogP contribution in [-0.4, -0.2) is 44.3 Å². The Morgan fingerprint density at radius 2 is 1.48 bits per heavy atom. The third-order valence-corrected chi connectivity index (χ3v) is 9.52. The first-order chi connectivity index (χ1) is 21.1. The van der Waals surface area contributed by atoms with Crippen molar-refractivity contribution in [2.45, 2.75) is 51.1 Å². The van der Waals surface area contributed by atoms with E-state index in [0.29, 0.717) is 6.54 Å². The molecule has 0 radical (unpaired) electrons. The van der Waals surface area contributed by atoms with Crippen LogP contribution in [0.4, 0.5) is 5.69 Å². The predicted octanol–water partition coefficient (Wildman–Crippen LogP) is 6.32. The van der Waals surface area contributed by atoms with Crippen LogP contribution in [0.25, 0.3) is 0 Å². The Morgan fingerprint density at radius 1 is 0.841 bits per heavy atom. The SMILES string of the molecule is CCCNC(=O)C(Cc1ccccc1)N(Cc1ccccc1C)C(=O)CN(c1ccccc1Cl)S(=O)(=O)c1ccc(C)cc1. The number of nitrogens with zero attached hydrogens (tertiary/aromatic N) is 2. The maximum absolute atomic E-state index is 14.5. The lowest BCUT2D eigenvalue weighted by Crippen LogP contribution is -2.53.